The van der Waals surface area contributed by atoms with Crippen molar-refractivity contribution in [3.63, 3.8) is 0 Å². The maximum absolute atomic E-state index is 3.53. The topological polar surface area (TPSA) is 0 Å². The van der Waals surface area contributed by atoms with E-state index in [1.807, 2.05) is 0 Å². The molecular weight excluding hydrogens is 299 g/mol. The summed E-state index contributed by atoms with van der Waals surface area (Å²) in [5.74, 6) is 0.468. The summed E-state index contributed by atoms with van der Waals surface area (Å²) in [7, 11) is 0. The van der Waals surface area contributed by atoms with Gasteiger partial charge in [-0.3, -0.25) is 6.08 Å². The Labute approximate surface area is 124 Å². The second-order valence-corrected chi connectivity index (χ2v) is 3.88. The summed E-state index contributed by atoms with van der Waals surface area (Å²) in [5.41, 5.74) is 5.73. The molecule has 1 unspecified atom stereocenters. The SMILES string of the molecule is CC1=[C-]C(C2=CC=CC2)C(C)=C1C.[CH3-].[CH3-].[Si]=[Zr]. The molecule has 2 aliphatic carbocycles. The fourth-order valence-corrected chi connectivity index (χ4v) is 1.99. The molecule has 0 aromatic heterocycles. The summed E-state index contributed by atoms with van der Waals surface area (Å²) in [5, 5.41) is 0. The average molecular weight is 321 g/mol. The molecule has 0 bridgehead atoms. The van der Waals surface area contributed by atoms with Crippen LogP contribution in [0.3, 0.4) is 0 Å². The van der Waals surface area contributed by atoms with Gasteiger partial charge in [-0.15, -0.1) is 6.92 Å². The van der Waals surface area contributed by atoms with Gasteiger partial charge in [-0.1, -0.05) is 43.6 Å². The van der Waals surface area contributed by atoms with E-state index in [1.54, 1.807) is 0 Å². The normalized spacial score (nSPS) is 20.7. The summed E-state index contributed by atoms with van der Waals surface area (Å²) in [6.07, 6.45) is 11.2. The molecule has 2 rings (SSSR count). The average Bonchev–Trinajstić information content (AvgIpc) is 2.86. The van der Waals surface area contributed by atoms with Crippen LogP contribution in [0.25, 0.3) is 0 Å². The van der Waals surface area contributed by atoms with Crippen molar-refractivity contribution in [2.45, 2.75) is 27.2 Å². The monoisotopic (exact) mass is 319 g/mol. The molecule has 0 saturated heterocycles. The zero-order valence-electron chi connectivity index (χ0n) is 11.5. The minimum absolute atomic E-state index is 0. The molecule has 0 saturated carbocycles. The standard InChI is InChI=1S/C13H15.2CH3.Si.Zr/c1-9-8-13(11(3)10(9)2)12-6-4-5-7-12;;;;/h4-6,13H,7H2,1-3H3;2*1H3;;/q3*-1;;. The Kier molecular flexibility index (Phi) is 10.3. The third-order valence-corrected chi connectivity index (χ3v) is 3.12. The van der Waals surface area contributed by atoms with Crippen molar-refractivity contribution in [2.75, 3.05) is 0 Å². The fraction of sp³-hybridized carbons (Fsp3) is 0.333. The first-order valence-electron chi connectivity index (χ1n) is 5.08. The second-order valence-electron chi connectivity index (χ2n) is 3.88. The molecule has 2 heteroatoms. The first-order valence-corrected chi connectivity index (χ1v) is 9.27. The third-order valence-electron chi connectivity index (χ3n) is 3.12. The Hall–Kier alpha value is 0.0600. The first kappa shape index (κ1) is 19.4. The van der Waals surface area contributed by atoms with Crippen molar-refractivity contribution in [1.29, 1.82) is 0 Å². The number of hydrogen-bond acceptors (Lipinski definition) is 0. The molecule has 1 atom stereocenters. The Morgan fingerprint density at radius 2 is 1.82 bits per heavy atom. The molecule has 17 heavy (non-hydrogen) atoms. The van der Waals surface area contributed by atoms with Crippen LogP contribution in [0, 0.1) is 26.8 Å². The molecule has 0 amide bonds. The van der Waals surface area contributed by atoms with Crippen LogP contribution in [0.1, 0.15) is 27.2 Å². The van der Waals surface area contributed by atoms with Crippen LogP contribution in [0.5, 0.6) is 0 Å². The summed E-state index contributed by atoms with van der Waals surface area (Å²) in [6.45, 7) is 9.64. The Morgan fingerprint density at radius 1 is 1.24 bits per heavy atom. The Morgan fingerprint density at radius 3 is 2.18 bits per heavy atom. The van der Waals surface area contributed by atoms with Crippen LogP contribution < -0.4 is 0 Å². The quantitative estimate of drug-likeness (QED) is 0.504. The molecule has 2 radical (unpaired) electrons. The van der Waals surface area contributed by atoms with Gasteiger partial charge in [-0.05, 0) is 6.42 Å². The molecule has 0 aromatic carbocycles. The van der Waals surface area contributed by atoms with Crippen LogP contribution in [0.4, 0.5) is 0 Å². The van der Waals surface area contributed by atoms with Crippen LogP contribution in [0.15, 0.2) is 40.5 Å². The summed E-state index contributed by atoms with van der Waals surface area (Å²) in [6, 6.07) is 0. The summed E-state index contributed by atoms with van der Waals surface area (Å²) >= 11 is 1.36. The van der Waals surface area contributed by atoms with E-state index in [-0.39, 0.29) is 14.9 Å². The van der Waals surface area contributed by atoms with Gasteiger partial charge in [0, 0.05) is 0 Å². The van der Waals surface area contributed by atoms with E-state index in [1.165, 1.54) is 45.6 Å². The Balaban J connectivity index is 0. The molecule has 0 fully saturated rings. The van der Waals surface area contributed by atoms with E-state index in [2.05, 4.69) is 52.0 Å². The van der Waals surface area contributed by atoms with Gasteiger partial charge in [-0.25, -0.2) is 5.57 Å². The minimum atomic E-state index is 0. The van der Waals surface area contributed by atoms with Gasteiger partial charge < -0.3 is 14.9 Å². The first-order chi connectivity index (χ1) is 7.20. The van der Waals surface area contributed by atoms with Crippen molar-refractivity contribution in [1.82, 2.24) is 0 Å². The van der Waals surface area contributed by atoms with E-state index >= 15 is 0 Å². The van der Waals surface area contributed by atoms with E-state index in [9.17, 15) is 0 Å². The van der Waals surface area contributed by atoms with Crippen molar-refractivity contribution >= 4 is 6.88 Å². The molecule has 0 aliphatic heterocycles. The second kappa shape index (κ2) is 9.05. The van der Waals surface area contributed by atoms with Gasteiger partial charge in [0.05, 0.1) is 0 Å². The van der Waals surface area contributed by atoms with Crippen molar-refractivity contribution in [3.05, 3.63) is 61.4 Å². The van der Waals surface area contributed by atoms with Crippen molar-refractivity contribution < 1.29 is 23.3 Å². The van der Waals surface area contributed by atoms with E-state index in [0.29, 0.717) is 5.92 Å². The molecular formula is C15H21SiZr-3. The van der Waals surface area contributed by atoms with E-state index in [0.717, 1.165) is 6.42 Å². The predicted octanol–water partition coefficient (Wildman–Crippen LogP) is 4.11. The van der Waals surface area contributed by atoms with Crippen LogP contribution in [-0.2, 0) is 23.3 Å². The number of hydrogen-bond donors (Lipinski definition) is 0. The number of rotatable bonds is 1. The molecule has 2 aliphatic rings. The maximum atomic E-state index is 3.53. The van der Waals surface area contributed by atoms with Gasteiger partial charge in [0.2, 0.25) is 0 Å². The van der Waals surface area contributed by atoms with E-state index < -0.39 is 0 Å². The van der Waals surface area contributed by atoms with E-state index in [4.69, 9.17) is 0 Å². The van der Waals surface area contributed by atoms with Gasteiger partial charge in [-0.2, -0.15) is 11.1 Å². The molecule has 0 aromatic rings. The van der Waals surface area contributed by atoms with Gasteiger partial charge in [0.15, 0.2) is 0 Å². The summed E-state index contributed by atoms with van der Waals surface area (Å²) < 4.78 is 0. The molecule has 0 nitrogen and oxygen atoms in total. The number of allylic oxidation sites excluding steroid dienone is 8. The zero-order valence-corrected chi connectivity index (χ0v) is 15.0. The summed E-state index contributed by atoms with van der Waals surface area (Å²) in [4.78, 5) is 0. The Bertz CT molecular complexity index is 372. The fourth-order valence-electron chi connectivity index (χ4n) is 1.99. The molecule has 0 N–H and O–H groups in total. The van der Waals surface area contributed by atoms with Gasteiger partial charge in [0.25, 0.3) is 0 Å². The van der Waals surface area contributed by atoms with Crippen LogP contribution in [0.2, 0.25) is 0 Å². The van der Waals surface area contributed by atoms with Gasteiger partial charge >= 0.3 is 30.2 Å². The molecule has 92 valence electrons. The molecule has 0 heterocycles. The predicted molar refractivity (Wildman–Crippen MR) is 74.7 cm³/mol. The van der Waals surface area contributed by atoms with Crippen LogP contribution >= 0.6 is 0 Å². The van der Waals surface area contributed by atoms with Crippen molar-refractivity contribution in [2.24, 2.45) is 5.92 Å². The zero-order chi connectivity index (χ0) is 11.4. The van der Waals surface area contributed by atoms with Crippen molar-refractivity contribution in [3.8, 4) is 0 Å². The molecule has 0 spiro atoms. The third kappa shape index (κ3) is 4.34. The van der Waals surface area contributed by atoms with Gasteiger partial charge in [0.1, 0.15) is 0 Å². The van der Waals surface area contributed by atoms with Crippen LogP contribution in [-0.4, -0.2) is 6.88 Å².